The Kier molecular flexibility index (Phi) is 5.17. The second kappa shape index (κ2) is 6.42. The van der Waals surface area contributed by atoms with Gasteiger partial charge in [-0.3, -0.25) is 4.31 Å². The van der Waals surface area contributed by atoms with E-state index < -0.39 is 16.1 Å². The number of benzene rings is 1. The molecule has 106 valence electrons. The summed E-state index contributed by atoms with van der Waals surface area (Å²) in [6.45, 7) is 2.25. The third-order valence-corrected chi connectivity index (χ3v) is 3.69. The summed E-state index contributed by atoms with van der Waals surface area (Å²) in [5, 5.41) is 2.45. The highest BCUT2D eigenvalue weighted by Crippen LogP contribution is 2.17. The van der Waals surface area contributed by atoms with Gasteiger partial charge in [0.1, 0.15) is 0 Å². The van der Waals surface area contributed by atoms with Crippen LogP contribution in [0, 0.1) is 6.92 Å². The summed E-state index contributed by atoms with van der Waals surface area (Å²) >= 11 is 0. The van der Waals surface area contributed by atoms with Gasteiger partial charge < -0.3 is 10.1 Å². The molecule has 6 nitrogen and oxygen atoms in total. The first-order valence-corrected chi connectivity index (χ1v) is 7.55. The first kappa shape index (κ1) is 15.3. The number of rotatable bonds is 5. The molecule has 0 aliphatic rings. The fourth-order valence-corrected chi connectivity index (χ4v) is 2.46. The molecule has 0 aromatic heterocycles. The van der Waals surface area contributed by atoms with Crippen molar-refractivity contribution in [2.75, 3.05) is 30.8 Å². The summed E-state index contributed by atoms with van der Waals surface area (Å²) in [7, 11) is -2.14. The number of amides is 1. The number of carbonyl (C=O) groups is 1. The second-order valence-corrected chi connectivity index (χ2v) is 6.00. The molecule has 0 radical (unpaired) electrons. The Bertz CT molecular complexity index is 525. The van der Waals surface area contributed by atoms with Gasteiger partial charge in [-0.05, 0) is 19.1 Å². The molecule has 0 saturated heterocycles. The fourth-order valence-electron chi connectivity index (χ4n) is 1.53. The number of nitrogens with one attached hydrogen (secondary N) is 1. The number of anilines is 1. The molecule has 1 rings (SSSR count). The highest BCUT2D eigenvalue weighted by molar-refractivity contribution is 7.92. The van der Waals surface area contributed by atoms with Crippen LogP contribution in [0.2, 0.25) is 0 Å². The molecule has 7 heteroatoms. The number of hydrogen-bond acceptors (Lipinski definition) is 4. The number of methoxy groups -OCH3 is 1. The van der Waals surface area contributed by atoms with E-state index >= 15 is 0 Å². The molecule has 1 aromatic carbocycles. The maximum Gasteiger partial charge on any atom is 0.406 e. The van der Waals surface area contributed by atoms with E-state index in [1.165, 1.54) is 11.4 Å². The number of alkyl carbamates (subject to hydrolysis) is 1. The summed E-state index contributed by atoms with van der Waals surface area (Å²) < 4.78 is 29.1. The predicted molar refractivity (Wildman–Crippen MR) is 73.8 cm³/mol. The van der Waals surface area contributed by atoms with E-state index in [2.05, 4.69) is 10.1 Å². The Hall–Kier alpha value is -1.76. The molecule has 0 bridgehead atoms. The maximum atomic E-state index is 11.7. The van der Waals surface area contributed by atoms with Crippen LogP contribution in [0.25, 0.3) is 0 Å². The average molecular weight is 286 g/mol. The van der Waals surface area contributed by atoms with Crippen LogP contribution in [0.4, 0.5) is 10.5 Å². The van der Waals surface area contributed by atoms with Gasteiger partial charge in [0.25, 0.3) is 0 Å². The van der Waals surface area contributed by atoms with Gasteiger partial charge >= 0.3 is 6.09 Å². The smallest absolute Gasteiger partial charge is 0.406 e. The molecular weight excluding hydrogens is 268 g/mol. The van der Waals surface area contributed by atoms with Crippen molar-refractivity contribution in [2.24, 2.45) is 0 Å². The average Bonchev–Trinajstić information content (AvgIpc) is 2.34. The normalized spacial score (nSPS) is 10.9. The van der Waals surface area contributed by atoms with Gasteiger partial charge in [-0.2, -0.15) is 0 Å². The van der Waals surface area contributed by atoms with E-state index in [0.29, 0.717) is 5.69 Å². The van der Waals surface area contributed by atoms with Gasteiger partial charge in [-0.15, -0.1) is 0 Å². The summed E-state index contributed by atoms with van der Waals surface area (Å²) in [5.41, 5.74) is 1.62. The van der Waals surface area contributed by atoms with Crippen molar-refractivity contribution in [3.05, 3.63) is 29.8 Å². The molecule has 0 atom stereocenters. The van der Waals surface area contributed by atoms with Crippen molar-refractivity contribution >= 4 is 21.8 Å². The van der Waals surface area contributed by atoms with Crippen molar-refractivity contribution in [2.45, 2.75) is 6.92 Å². The minimum atomic E-state index is -3.39. The van der Waals surface area contributed by atoms with Gasteiger partial charge in [0.05, 0.1) is 25.6 Å². The predicted octanol–water partition coefficient (Wildman–Crippen LogP) is 1.12. The molecule has 0 unspecified atom stereocenters. The number of nitrogens with zero attached hydrogens (tertiary/aromatic N) is 1. The van der Waals surface area contributed by atoms with Gasteiger partial charge in [0, 0.05) is 6.54 Å². The maximum absolute atomic E-state index is 11.7. The first-order chi connectivity index (χ1) is 8.84. The zero-order chi connectivity index (χ0) is 14.5. The lowest BCUT2D eigenvalue weighted by atomic mass is 10.2. The Morgan fingerprint density at radius 2 is 1.89 bits per heavy atom. The molecule has 0 heterocycles. The molecule has 1 amide bonds. The van der Waals surface area contributed by atoms with Crippen LogP contribution in [0.1, 0.15) is 5.56 Å². The van der Waals surface area contributed by atoms with Crippen LogP contribution in [0.15, 0.2) is 24.3 Å². The van der Waals surface area contributed by atoms with Crippen LogP contribution in [0.5, 0.6) is 0 Å². The van der Waals surface area contributed by atoms with Gasteiger partial charge in [-0.1, -0.05) is 17.7 Å². The number of ether oxygens (including phenoxy) is 1. The van der Waals surface area contributed by atoms with Gasteiger partial charge in [-0.25, -0.2) is 13.2 Å². The molecule has 0 spiro atoms. The standard InChI is InChI=1S/C12H18N2O4S/c1-10-4-6-11(7-5-10)14(19(3,16)17)9-8-13-12(15)18-2/h4-7H,8-9H2,1-3H3,(H,13,15). The molecule has 19 heavy (non-hydrogen) atoms. The lowest BCUT2D eigenvalue weighted by Gasteiger charge is -2.22. The highest BCUT2D eigenvalue weighted by atomic mass is 32.2. The summed E-state index contributed by atoms with van der Waals surface area (Å²) in [6.07, 6.45) is 0.544. The third kappa shape index (κ3) is 4.78. The molecule has 1 aromatic rings. The monoisotopic (exact) mass is 286 g/mol. The summed E-state index contributed by atoms with van der Waals surface area (Å²) in [6, 6.07) is 7.13. The molecule has 0 fully saturated rings. The van der Waals surface area contributed by atoms with Gasteiger partial charge in [0.2, 0.25) is 10.0 Å². The first-order valence-electron chi connectivity index (χ1n) is 5.71. The number of sulfonamides is 1. The molecule has 1 N–H and O–H groups in total. The minimum absolute atomic E-state index is 0.150. The van der Waals surface area contributed by atoms with Crippen molar-refractivity contribution in [1.29, 1.82) is 0 Å². The topological polar surface area (TPSA) is 75.7 Å². The van der Waals surface area contributed by atoms with Crippen LogP contribution in [0.3, 0.4) is 0 Å². The zero-order valence-electron chi connectivity index (χ0n) is 11.2. The van der Waals surface area contributed by atoms with E-state index in [1.807, 2.05) is 19.1 Å². The van der Waals surface area contributed by atoms with Crippen molar-refractivity contribution in [1.82, 2.24) is 5.32 Å². The van der Waals surface area contributed by atoms with E-state index in [0.717, 1.165) is 11.8 Å². The SMILES string of the molecule is COC(=O)NCCN(c1ccc(C)cc1)S(C)(=O)=O. The Balaban J connectivity index is 2.79. The van der Waals surface area contributed by atoms with Crippen LogP contribution in [-0.4, -0.2) is 41.0 Å². The second-order valence-electron chi connectivity index (χ2n) is 4.09. The van der Waals surface area contributed by atoms with Crippen LogP contribution in [-0.2, 0) is 14.8 Å². The summed E-state index contributed by atoms with van der Waals surface area (Å²) in [5.74, 6) is 0. The lowest BCUT2D eigenvalue weighted by molar-refractivity contribution is 0.171. The number of hydrogen-bond donors (Lipinski definition) is 1. The fraction of sp³-hybridized carbons (Fsp3) is 0.417. The molecule has 0 aliphatic heterocycles. The summed E-state index contributed by atoms with van der Waals surface area (Å²) in [4.78, 5) is 10.9. The molecular formula is C12H18N2O4S. The highest BCUT2D eigenvalue weighted by Gasteiger charge is 2.17. The van der Waals surface area contributed by atoms with Crippen LogP contribution < -0.4 is 9.62 Å². The Morgan fingerprint density at radius 1 is 1.32 bits per heavy atom. The Morgan fingerprint density at radius 3 is 2.37 bits per heavy atom. The largest absolute Gasteiger partial charge is 0.453 e. The molecule has 0 saturated carbocycles. The van der Waals surface area contributed by atoms with Crippen molar-refractivity contribution < 1.29 is 17.9 Å². The lowest BCUT2D eigenvalue weighted by Crippen LogP contribution is -2.38. The van der Waals surface area contributed by atoms with E-state index in [4.69, 9.17) is 0 Å². The van der Waals surface area contributed by atoms with Gasteiger partial charge in [0.15, 0.2) is 0 Å². The third-order valence-electron chi connectivity index (χ3n) is 2.49. The Labute approximate surface area is 113 Å². The number of carbonyl (C=O) groups excluding carboxylic acids is 1. The van der Waals surface area contributed by atoms with E-state index in [-0.39, 0.29) is 13.1 Å². The van der Waals surface area contributed by atoms with Crippen LogP contribution >= 0.6 is 0 Å². The minimum Gasteiger partial charge on any atom is -0.453 e. The van der Waals surface area contributed by atoms with E-state index in [1.54, 1.807) is 12.1 Å². The quantitative estimate of drug-likeness (QED) is 0.880. The van der Waals surface area contributed by atoms with Crippen molar-refractivity contribution in [3.8, 4) is 0 Å². The van der Waals surface area contributed by atoms with E-state index in [9.17, 15) is 13.2 Å². The van der Waals surface area contributed by atoms with Crippen molar-refractivity contribution in [3.63, 3.8) is 0 Å². The number of aryl methyl sites for hydroxylation is 1. The zero-order valence-corrected chi connectivity index (χ0v) is 12.0. The molecule has 0 aliphatic carbocycles.